The molecule has 6 aromatic heterocycles. The largest absolute Gasteiger partial charge is 0.476 e. The third-order valence-electron chi connectivity index (χ3n) is 16.9. The Balaban J connectivity index is 0.000000112. The van der Waals surface area contributed by atoms with Crippen LogP contribution in [-0.4, -0.2) is 131 Å². The van der Waals surface area contributed by atoms with Gasteiger partial charge < -0.3 is 34.5 Å². The van der Waals surface area contributed by atoms with Crippen LogP contribution in [0.15, 0.2) is 66.0 Å². The van der Waals surface area contributed by atoms with E-state index in [0.29, 0.717) is 26.2 Å². The molecular weight excluding hydrogens is 991 g/mol. The van der Waals surface area contributed by atoms with Crippen molar-refractivity contribution >= 4 is 35.2 Å². The Morgan fingerprint density at radius 3 is 1.23 bits per heavy atom. The van der Waals surface area contributed by atoms with E-state index in [1.807, 2.05) is 64.1 Å². The van der Waals surface area contributed by atoms with E-state index < -0.39 is 11.9 Å². The van der Waals surface area contributed by atoms with Gasteiger partial charge in [0.05, 0.1) is 45.2 Å². The highest BCUT2D eigenvalue weighted by molar-refractivity contribution is 5.86. The third-order valence-corrected chi connectivity index (χ3v) is 16.9. The second-order valence-electron chi connectivity index (χ2n) is 22.5. The lowest BCUT2D eigenvalue weighted by atomic mass is 10.2. The molecule has 0 bridgehead atoms. The van der Waals surface area contributed by atoms with E-state index in [1.165, 1.54) is 49.7 Å². The number of ether oxygens (including phenoxy) is 1. The average molecular weight is 1060 g/mol. The molecular formula is C56H69N17O5. The zero-order valence-electron chi connectivity index (χ0n) is 45.1. The molecule has 0 amide bonds. The molecule has 10 heterocycles. The number of carboxylic acids is 1. The molecule has 8 unspecified atom stereocenters. The Morgan fingerprint density at radius 2 is 0.910 bits per heavy atom. The lowest BCUT2D eigenvalue weighted by Gasteiger charge is -2.20. The fourth-order valence-electron chi connectivity index (χ4n) is 11.6. The van der Waals surface area contributed by atoms with Gasteiger partial charge in [0, 0.05) is 80.0 Å². The number of pyridine rings is 4. The molecule has 14 rings (SSSR count). The van der Waals surface area contributed by atoms with Gasteiger partial charge >= 0.3 is 11.9 Å². The van der Waals surface area contributed by atoms with Crippen molar-refractivity contribution in [1.82, 2.24) is 49.9 Å². The highest BCUT2D eigenvalue weighted by Gasteiger charge is 2.48. The number of fused-ring (bicyclic) bond motifs is 4. The molecule has 0 aromatic carbocycles. The average Bonchev–Trinajstić information content (AvgIpc) is 4.39. The van der Waals surface area contributed by atoms with E-state index in [-0.39, 0.29) is 18.0 Å². The predicted molar refractivity (Wildman–Crippen MR) is 291 cm³/mol. The standard InChI is InChI=1S/C17H21N5O2.C15H17N5O2.C12H15N5.C12H16N2O/c1-3-24-17(23)15-10-22(20-19-15)9-12-4-5-16(18-11(12)2)21-7-13-6-14(13)8-21;1-9-10(7-20-8-13(15(21)22)17-18-20)2-3-14(16-9)19-5-11-4-12(11)6-19;1-8-9(5-14-16-13)2-3-12(15-8)17-6-10-4-11(10)7-17;1-8-9(7-15)2-3-12(13-8)14-5-10-4-11(10)6-14/h4-5,10,13-14H,3,6-9H2,1-2H3;2-3,8,11-12H,4-7H2,1H3,(H,21,22);2-3,10-11H,4-7H2,1H3;2-3,10-11,15H,4-7H2,1H3. The van der Waals surface area contributed by atoms with E-state index in [4.69, 9.17) is 30.4 Å². The van der Waals surface area contributed by atoms with Crippen molar-refractivity contribution in [2.24, 2.45) is 52.5 Å². The molecule has 4 saturated heterocycles. The molecule has 4 aliphatic heterocycles. The van der Waals surface area contributed by atoms with Gasteiger partial charge in [-0.15, -0.1) is 10.2 Å². The summed E-state index contributed by atoms with van der Waals surface area (Å²) in [6, 6.07) is 16.3. The smallest absolute Gasteiger partial charge is 0.360 e. The number of carboxylic acid groups (broad SMARTS) is 1. The van der Waals surface area contributed by atoms with Crippen molar-refractivity contribution in [1.29, 1.82) is 0 Å². The number of hydrogen-bond donors (Lipinski definition) is 2. The van der Waals surface area contributed by atoms with E-state index in [9.17, 15) is 9.59 Å². The Hall–Kier alpha value is -7.71. The topological polar surface area (TPSA) is 259 Å². The van der Waals surface area contributed by atoms with Crippen LogP contribution >= 0.6 is 0 Å². The van der Waals surface area contributed by atoms with Crippen LogP contribution in [0.5, 0.6) is 0 Å². The molecule has 8 aliphatic rings. The van der Waals surface area contributed by atoms with Gasteiger partial charge in [-0.2, -0.15) is 0 Å². The summed E-state index contributed by atoms with van der Waals surface area (Å²) in [5.41, 5.74) is 16.4. The van der Waals surface area contributed by atoms with Gasteiger partial charge in [-0.1, -0.05) is 39.8 Å². The lowest BCUT2D eigenvalue weighted by molar-refractivity contribution is 0.0518. The van der Waals surface area contributed by atoms with Crippen molar-refractivity contribution in [3.63, 3.8) is 0 Å². The zero-order chi connectivity index (χ0) is 54.2. The maximum absolute atomic E-state index is 11.6. The molecule has 408 valence electrons. The summed E-state index contributed by atoms with van der Waals surface area (Å²) in [6.45, 7) is 20.7. The van der Waals surface area contributed by atoms with Gasteiger partial charge in [-0.3, -0.25) is 0 Å². The van der Waals surface area contributed by atoms with Crippen LogP contribution in [0, 0.1) is 75.0 Å². The molecule has 4 saturated carbocycles. The summed E-state index contributed by atoms with van der Waals surface area (Å²) in [6.07, 6.45) is 8.64. The monoisotopic (exact) mass is 1060 g/mol. The summed E-state index contributed by atoms with van der Waals surface area (Å²) in [4.78, 5) is 53.3. The molecule has 8 fully saturated rings. The van der Waals surface area contributed by atoms with Crippen molar-refractivity contribution in [3.05, 3.63) is 128 Å². The van der Waals surface area contributed by atoms with Crippen molar-refractivity contribution in [3.8, 4) is 0 Å². The van der Waals surface area contributed by atoms with Crippen LogP contribution in [0.25, 0.3) is 10.4 Å². The quantitative estimate of drug-likeness (QED) is 0.0490. The number of esters is 1. The molecule has 0 spiro atoms. The molecule has 6 aromatic rings. The van der Waals surface area contributed by atoms with Crippen LogP contribution in [0.4, 0.5) is 23.3 Å². The maximum Gasteiger partial charge on any atom is 0.360 e. The van der Waals surface area contributed by atoms with Gasteiger partial charge in [-0.05, 0) is 160 Å². The number of carbonyl (C=O) groups excluding carboxylic acids is 1. The van der Waals surface area contributed by atoms with Gasteiger partial charge in [0.15, 0.2) is 11.4 Å². The van der Waals surface area contributed by atoms with E-state index in [0.717, 1.165) is 155 Å². The predicted octanol–water partition coefficient (Wildman–Crippen LogP) is 6.84. The molecule has 4 aliphatic carbocycles. The highest BCUT2D eigenvalue weighted by Crippen LogP contribution is 2.48. The minimum absolute atomic E-state index is 0.0430. The first-order chi connectivity index (χ1) is 37.8. The summed E-state index contributed by atoms with van der Waals surface area (Å²) in [5.74, 6) is 9.99. The maximum atomic E-state index is 11.6. The fraction of sp³-hybridized carbons (Fsp3) is 0.536. The van der Waals surface area contributed by atoms with Crippen LogP contribution in [-0.2, 0) is 31.0 Å². The zero-order valence-corrected chi connectivity index (χ0v) is 45.1. The second kappa shape index (κ2) is 22.3. The van der Waals surface area contributed by atoms with Crippen LogP contribution in [0.3, 0.4) is 0 Å². The number of aliphatic hydroxyl groups excluding tert-OH is 1. The van der Waals surface area contributed by atoms with Crippen LogP contribution < -0.4 is 19.6 Å². The number of azide groups is 1. The van der Waals surface area contributed by atoms with E-state index in [2.05, 4.69) is 72.4 Å². The number of piperidine rings is 4. The minimum atomic E-state index is -1.07. The number of hydrogen-bond acceptors (Lipinski definition) is 17. The van der Waals surface area contributed by atoms with Crippen LogP contribution in [0.1, 0.15) is 98.6 Å². The number of aliphatic hydroxyl groups is 1. The van der Waals surface area contributed by atoms with Gasteiger partial charge in [-0.25, -0.2) is 38.9 Å². The van der Waals surface area contributed by atoms with Gasteiger partial charge in [0.1, 0.15) is 23.3 Å². The van der Waals surface area contributed by atoms with Gasteiger partial charge in [0.25, 0.3) is 0 Å². The summed E-state index contributed by atoms with van der Waals surface area (Å²) in [7, 11) is 0. The van der Waals surface area contributed by atoms with Crippen molar-refractivity contribution in [2.75, 3.05) is 78.6 Å². The highest BCUT2D eigenvalue weighted by atomic mass is 16.5. The number of rotatable bonds is 14. The van der Waals surface area contributed by atoms with E-state index in [1.54, 1.807) is 17.8 Å². The molecule has 22 nitrogen and oxygen atoms in total. The normalized spacial score (nSPS) is 24.0. The van der Waals surface area contributed by atoms with E-state index >= 15 is 0 Å². The fourth-order valence-corrected chi connectivity index (χ4v) is 11.6. The van der Waals surface area contributed by atoms with Crippen molar-refractivity contribution in [2.45, 2.75) is 86.5 Å². The Kier molecular flexibility index (Phi) is 15.0. The van der Waals surface area contributed by atoms with Gasteiger partial charge in [0.2, 0.25) is 0 Å². The number of nitrogens with zero attached hydrogens (tertiary/aromatic N) is 17. The lowest BCUT2D eigenvalue weighted by Crippen LogP contribution is -2.23. The Morgan fingerprint density at radius 1 is 0.564 bits per heavy atom. The summed E-state index contributed by atoms with van der Waals surface area (Å²) < 4.78 is 8.09. The Labute approximate surface area is 453 Å². The third kappa shape index (κ3) is 12.2. The summed E-state index contributed by atoms with van der Waals surface area (Å²) >= 11 is 0. The Bertz CT molecular complexity index is 3190. The first-order valence-corrected chi connectivity index (χ1v) is 27.5. The molecule has 22 heteroatoms. The minimum Gasteiger partial charge on any atom is -0.476 e. The number of aromatic nitrogens is 10. The molecule has 0 radical (unpaired) electrons. The number of anilines is 4. The first-order valence-electron chi connectivity index (χ1n) is 27.5. The van der Waals surface area contributed by atoms with Crippen molar-refractivity contribution < 1.29 is 24.5 Å². The SMILES string of the molecule is CCOC(=O)c1cn(Cc2ccc(N3CC4CC4C3)nc2C)nn1.Cc1nc(N2CC3CC3C2)ccc1CN=[N+]=[N-].Cc1nc(N2CC3CC3C2)ccc1CO.Cc1nc(N2CC3CC3C2)ccc1Cn1cc(C(=O)O)nn1. The molecule has 8 atom stereocenters. The molecule has 78 heavy (non-hydrogen) atoms. The molecule has 2 N–H and O–H groups in total. The first kappa shape index (κ1) is 52.3. The number of carbonyl (C=O) groups is 2. The van der Waals surface area contributed by atoms with Crippen LogP contribution in [0.2, 0.25) is 0 Å². The summed E-state index contributed by atoms with van der Waals surface area (Å²) in [5, 5.41) is 36.8. The second-order valence-corrected chi connectivity index (χ2v) is 22.5. The number of aryl methyl sites for hydroxylation is 4. The number of aromatic carboxylic acids is 1.